The quantitative estimate of drug-likeness (QED) is 0.628. The Morgan fingerprint density at radius 2 is 1.61 bits per heavy atom. The SMILES string of the molecule is COc1ccc(-c2ccc(C[C@H]3CN(C(=O)c4cccc(OC)c4)CCNC3=O)cc2)cc1. The number of nitrogens with one attached hydrogen (secondary N) is 1. The highest BCUT2D eigenvalue weighted by molar-refractivity contribution is 5.95. The standard InChI is InChI=1S/C27H28N2O4/c1-32-24-12-10-21(11-13-24)20-8-6-19(7-9-20)16-23-18-29(15-14-28-26(23)30)27(31)22-4-3-5-25(17-22)33-2/h3-13,17,23H,14-16,18H2,1-2H3,(H,28,30)/t23-/m0/s1. The van der Waals surface area contributed by atoms with Crippen molar-refractivity contribution < 1.29 is 19.1 Å². The highest BCUT2D eigenvalue weighted by atomic mass is 16.5. The van der Waals surface area contributed by atoms with E-state index >= 15 is 0 Å². The van der Waals surface area contributed by atoms with Crippen molar-refractivity contribution in [2.24, 2.45) is 5.92 Å². The van der Waals surface area contributed by atoms with E-state index in [0.29, 0.717) is 37.4 Å². The maximum absolute atomic E-state index is 13.1. The van der Waals surface area contributed by atoms with Gasteiger partial charge in [-0.3, -0.25) is 9.59 Å². The van der Waals surface area contributed by atoms with Gasteiger partial charge in [-0.15, -0.1) is 0 Å². The number of methoxy groups -OCH3 is 2. The molecule has 0 spiro atoms. The first-order valence-electron chi connectivity index (χ1n) is 11.0. The van der Waals surface area contributed by atoms with Crippen LogP contribution in [0, 0.1) is 5.92 Å². The molecule has 6 heteroatoms. The van der Waals surface area contributed by atoms with E-state index in [9.17, 15) is 9.59 Å². The Labute approximate surface area is 194 Å². The molecule has 170 valence electrons. The number of carbonyl (C=O) groups excluding carboxylic acids is 2. The lowest BCUT2D eigenvalue weighted by Gasteiger charge is -2.23. The smallest absolute Gasteiger partial charge is 0.254 e. The van der Waals surface area contributed by atoms with Crippen molar-refractivity contribution in [1.82, 2.24) is 10.2 Å². The Kier molecular flexibility index (Phi) is 6.93. The van der Waals surface area contributed by atoms with Gasteiger partial charge in [-0.05, 0) is 53.4 Å². The van der Waals surface area contributed by atoms with Crippen molar-refractivity contribution in [2.45, 2.75) is 6.42 Å². The molecule has 1 aliphatic rings. The summed E-state index contributed by atoms with van der Waals surface area (Å²) in [4.78, 5) is 27.5. The van der Waals surface area contributed by atoms with Crippen molar-refractivity contribution >= 4 is 11.8 Å². The van der Waals surface area contributed by atoms with Crippen LogP contribution in [-0.2, 0) is 11.2 Å². The van der Waals surface area contributed by atoms with Crippen LogP contribution >= 0.6 is 0 Å². The maximum Gasteiger partial charge on any atom is 0.254 e. The highest BCUT2D eigenvalue weighted by Gasteiger charge is 2.28. The zero-order valence-electron chi connectivity index (χ0n) is 18.9. The summed E-state index contributed by atoms with van der Waals surface area (Å²) in [6, 6.07) is 23.3. The van der Waals surface area contributed by atoms with Gasteiger partial charge in [0.15, 0.2) is 0 Å². The number of carbonyl (C=O) groups is 2. The minimum atomic E-state index is -0.311. The number of amides is 2. The second-order valence-electron chi connectivity index (χ2n) is 8.10. The third kappa shape index (κ3) is 5.34. The van der Waals surface area contributed by atoms with E-state index in [0.717, 1.165) is 22.4 Å². The van der Waals surface area contributed by atoms with Crippen LogP contribution in [0.3, 0.4) is 0 Å². The predicted octanol–water partition coefficient (Wildman–Crippen LogP) is 3.80. The minimum Gasteiger partial charge on any atom is -0.497 e. The molecule has 1 aliphatic heterocycles. The van der Waals surface area contributed by atoms with E-state index in [1.54, 1.807) is 37.3 Å². The Hall–Kier alpha value is -3.80. The van der Waals surface area contributed by atoms with E-state index in [2.05, 4.69) is 17.4 Å². The first kappa shape index (κ1) is 22.4. The van der Waals surface area contributed by atoms with E-state index in [4.69, 9.17) is 9.47 Å². The Balaban J connectivity index is 1.46. The fourth-order valence-corrected chi connectivity index (χ4v) is 4.08. The fraction of sp³-hybridized carbons (Fsp3) is 0.259. The van der Waals surface area contributed by atoms with Gasteiger partial charge < -0.3 is 19.7 Å². The summed E-state index contributed by atoms with van der Waals surface area (Å²) in [6.45, 7) is 1.30. The van der Waals surface area contributed by atoms with Gasteiger partial charge in [0.05, 0.1) is 20.1 Å². The summed E-state index contributed by atoms with van der Waals surface area (Å²) >= 11 is 0. The Morgan fingerprint density at radius 3 is 2.27 bits per heavy atom. The molecule has 1 fully saturated rings. The molecule has 0 saturated carbocycles. The molecule has 1 saturated heterocycles. The van der Waals surface area contributed by atoms with Crippen LogP contribution in [0.1, 0.15) is 15.9 Å². The first-order valence-corrected chi connectivity index (χ1v) is 11.0. The number of nitrogens with zero attached hydrogens (tertiary/aromatic N) is 1. The van der Waals surface area contributed by atoms with E-state index in [1.807, 2.05) is 42.5 Å². The molecule has 2 amide bonds. The van der Waals surface area contributed by atoms with Crippen LogP contribution in [0.15, 0.2) is 72.8 Å². The second kappa shape index (κ2) is 10.2. The zero-order chi connectivity index (χ0) is 23.2. The van der Waals surface area contributed by atoms with Crippen LogP contribution in [0.4, 0.5) is 0 Å². The molecule has 4 rings (SSSR count). The van der Waals surface area contributed by atoms with Gasteiger partial charge in [0, 0.05) is 25.2 Å². The number of benzene rings is 3. The van der Waals surface area contributed by atoms with Gasteiger partial charge in [-0.1, -0.05) is 42.5 Å². The van der Waals surface area contributed by atoms with E-state index in [-0.39, 0.29) is 17.7 Å². The predicted molar refractivity (Wildman–Crippen MR) is 128 cm³/mol. The number of hydrogen-bond donors (Lipinski definition) is 1. The number of hydrogen-bond acceptors (Lipinski definition) is 4. The summed E-state index contributed by atoms with van der Waals surface area (Å²) in [5, 5.41) is 2.95. The van der Waals surface area contributed by atoms with Crippen LogP contribution in [-0.4, -0.2) is 50.6 Å². The van der Waals surface area contributed by atoms with E-state index in [1.165, 1.54) is 0 Å². The lowest BCUT2D eigenvalue weighted by Crippen LogP contribution is -2.37. The largest absolute Gasteiger partial charge is 0.497 e. The molecule has 0 bridgehead atoms. The molecule has 0 unspecified atom stereocenters. The summed E-state index contributed by atoms with van der Waals surface area (Å²) < 4.78 is 10.5. The third-order valence-electron chi connectivity index (χ3n) is 5.96. The highest BCUT2D eigenvalue weighted by Crippen LogP contribution is 2.24. The molecule has 33 heavy (non-hydrogen) atoms. The molecule has 3 aromatic carbocycles. The number of ether oxygens (including phenoxy) is 2. The first-order chi connectivity index (χ1) is 16.1. The van der Waals surface area contributed by atoms with Crippen molar-refractivity contribution in [3.8, 4) is 22.6 Å². The van der Waals surface area contributed by atoms with Crippen molar-refractivity contribution in [3.63, 3.8) is 0 Å². The third-order valence-corrected chi connectivity index (χ3v) is 5.96. The monoisotopic (exact) mass is 444 g/mol. The average Bonchev–Trinajstić information content (AvgIpc) is 3.05. The van der Waals surface area contributed by atoms with Gasteiger partial charge in [0.2, 0.25) is 5.91 Å². The molecule has 1 heterocycles. The minimum absolute atomic E-state index is 0.0184. The lowest BCUT2D eigenvalue weighted by molar-refractivity contribution is -0.124. The molecular weight excluding hydrogens is 416 g/mol. The average molecular weight is 445 g/mol. The molecule has 0 aliphatic carbocycles. The molecule has 1 atom stereocenters. The van der Waals surface area contributed by atoms with Crippen molar-refractivity contribution in [1.29, 1.82) is 0 Å². The van der Waals surface area contributed by atoms with Crippen molar-refractivity contribution in [3.05, 3.63) is 83.9 Å². The van der Waals surface area contributed by atoms with Crippen LogP contribution in [0.5, 0.6) is 11.5 Å². The molecule has 0 radical (unpaired) electrons. The summed E-state index contributed by atoms with van der Waals surface area (Å²) in [5.41, 5.74) is 3.82. The molecule has 6 nitrogen and oxygen atoms in total. The summed E-state index contributed by atoms with van der Waals surface area (Å²) in [6.07, 6.45) is 0.566. The fourth-order valence-electron chi connectivity index (χ4n) is 4.08. The van der Waals surface area contributed by atoms with Gasteiger partial charge in [0.1, 0.15) is 11.5 Å². The van der Waals surface area contributed by atoms with Gasteiger partial charge in [-0.2, -0.15) is 0 Å². The molecular formula is C27H28N2O4. The van der Waals surface area contributed by atoms with Crippen LogP contribution in [0.2, 0.25) is 0 Å². The molecule has 3 aromatic rings. The summed E-state index contributed by atoms with van der Waals surface area (Å²) in [7, 11) is 3.23. The molecule has 0 aromatic heterocycles. The number of rotatable bonds is 6. The normalized spacial score (nSPS) is 16.0. The van der Waals surface area contributed by atoms with Gasteiger partial charge in [-0.25, -0.2) is 0 Å². The van der Waals surface area contributed by atoms with Crippen LogP contribution in [0.25, 0.3) is 11.1 Å². The topological polar surface area (TPSA) is 67.9 Å². The Morgan fingerprint density at radius 1 is 0.939 bits per heavy atom. The second-order valence-corrected chi connectivity index (χ2v) is 8.10. The Bertz CT molecular complexity index is 1110. The molecule has 1 N–H and O–H groups in total. The van der Waals surface area contributed by atoms with Gasteiger partial charge in [0.25, 0.3) is 5.91 Å². The van der Waals surface area contributed by atoms with Crippen LogP contribution < -0.4 is 14.8 Å². The van der Waals surface area contributed by atoms with Gasteiger partial charge >= 0.3 is 0 Å². The van der Waals surface area contributed by atoms with Crippen molar-refractivity contribution in [2.75, 3.05) is 33.9 Å². The maximum atomic E-state index is 13.1. The lowest BCUT2D eigenvalue weighted by atomic mass is 9.96. The summed E-state index contributed by atoms with van der Waals surface area (Å²) in [5.74, 6) is 1.04. The zero-order valence-corrected chi connectivity index (χ0v) is 18.9. The van der Waals surface area contributed by atoms with E-state index < -0.39 is 0 Å².